The van der Waals surface area contributed by atoms with Crippen LogP contribution < -0.4 is 21.3 Å². The molecule has 1 aliphatic carbocycles. The fraction of sp³-hybridized carbons (Fsp3) is 0.350. The highest BCUT2D eigenvalue weighted by atomic mass is 35.5. The average Bonchev–Trinajstić information content (AvgIpc) is 3.38. The Kier molecular flexibility index (Phi) is 8.89. The fourth-order valence-electron chi connectivity index (χ4n) is 2.98. The summed E-state index contributed by atoms with van der Waals surface area (Å²) in [6.45, 7) is 4.72. The molecule has 4 rings (SSSR count). The Morgan fingerprint density at radius 2 is 1.62 bits per heavy atom. The van der Waals surface area contributed by atoms with Crippen molar-refractivity contribution in [3.8, 4) is 5.75 Å². The lowest BCUT2D eigenvalue weighted by Gasteiger charge is -2.05. The summed E-state index contributed by atoms with van der Waals surface area (Å²) in [6.07, 6.45) is 2.28. The lowest BCUT2D eigenvalue weighted by atomic mass is 10.0. The minimum absolute atomic E-state index is 0.0856. The van der Waals surface area contributed by atoms with Gasteiger partial charge in [-0.25, -0.2) is 19.6 Å². The number of nitrogens with zero attached hydrogens (tertiary/aromatic N) is 2. The number of aromatic hydroxyl groups is 1. The number of carbonyl (C=O) groups is 3. The van der Waals surface area contributed by atoms with Gasteiger partial charge in [-0.3, -0.25) is 15.4 Å². The van der Waals surface area contributed by atoms with E-state index in [0.717, 1.165) is 29.9 Å². The Bertz CT molecular complexity index is 1230. The molecule has 182 valence electrons. The number of nitrogens with one attached hydrogen (secondary N) is 4. The van der Waals surface area contributed by atoms with Gasteiger partial charge in [0.2, 0.25) is 0 Å². The number of halogens is 2. The number of aromatic nitrogens is 2. The maximum Gasteiger partial charge on any atom is 0.321 e. The molecule has 10 nitrogen and oxygen atoms in total. The highest BCUT2D eigenvalue weighted by molar-refractivity contribution is 7.22. The monoisotopic (exact) mass is 544 g/mol. The number of aryl methyl sites for hydroxylation is 1. The summed E-state index contributed by atoms with van der Waals surface area (Å²) in [5, 5.41) is 21.5. The van der Waals surface area contributed by atoms with E-state index in [1.807, 2.05) is 6.92 Å². The lowest BCUT2D eigenvalue weighted by Crippen LogP contribution is -2.28. The SMILES string of the molecule is CCNC(=O)Nc1nc2c(Cl)cc(Cl)c(O)c2s1.CCNC(=O)Nc1nc2c(s1)C(=O)CCC2. The molecule has 3 aromatic rings. The smallest absolute Gasteiger partial charge is 0.321 e. The topological polar surface area (TPSA) is 145 Å². The van der Waals surface area contributed by atoms with E-state index in [1.54, 1.807) is 6.92 Å². The van der Waals surface area contributed by atoms with Crippen LogP contribution in [0.2, 0.25) is 10.0 Å². The van der Waals surface area contributed by atoms with Gasteiger partial charge in [0.25, 0.3) is 0 Å². The molecular weight excluding hydrogens is 523 g/mol. The third-order valence-electron chi connectivity index (χ3n) is 4.43. The first-order chi connectivity index (χ1) is 16.2. The van der Waals surface area contributed by atoms with Crippen molar-refractivity contribution in [2.24, 2.45) is 0 Å². The third-order valence-corrected chi connectivity index (χ3v) is 7.04. The molecule has 0 spiro atoms. The number of Topliss-reactive ketones (excluding diaryl/α,β-unsaturated/α-hetero) is 1. The molecule has 0 fully saturated rings. The van der Waals surface area contributed by atoms with E-state index in [9.17, 15) is 19.5 Å². The first kappa shape index (κ1) is 25.9. The van der Waals surface area contributed by atoms with E-state index in [1.165, 1.54) is 17.4 Å². The standard InChI is InChI=1S/C10H9Cl2N3O2S.C10H13N3O2S/c1-2-13-9(17)15-10-14-6-4(11)3-5(12)7(16)8(6)18-10;1-2-11-9(15)13-10-12-6-4-3-5-7(14)8(6)16-10/h3,16H,2H2,1H3,(H2,13,14,15,17);2-5H2,1H3,(H2,11,12,13,15). The highest BCUT2D eigenvalue weighted by Gasteiger charge is 2.22. The first-order valence-electron chi connectivity index (χ1n) is 10.3. The Morgan fingerprint density at radius 3 is 2.21 bits per heavy atom. The normalized spacial score (nSPS) is 12.4. The summed E-state index contributed by atoms with van der Waals surface area (Å²) in [6, 6.07) is 0.774. The molecule has 0 saturated heterocycles. The zero-order valence-corrected chi connectivity index (χ0v) is 21.4. The maximum atomic E-state index is 11.6. The second-order valence-electron chi connectivity index (χ2n) is 6.93. The molecule has 0 aliphatic heterocycles. The van der Waals surface area contributed by atoms with Crippen LogP contribution in [0.1, 0.15) is 42.1 Å². The summed E-state index contributed by atoms with van der Waals surface area (Å²) < 4.78 is 0.444. The highest BCUT2D eigenvalue weighted by Crippen LogP contribution is 2.41. The Hall–Kier alpha value is -2.67. The molecular formula is C20H22Cl2N6O4S2. The number of benzene rings is 1. The van der Waals surface area contributed by atoms with Gasteiger partial charge in [-0.1, -0.05) is 45.9 Å². The summed E-state index contributed by atoms with van der Waals surface area (Å²) >= 11 is 14.1. The number of anilines is 2. The number of amides is 4. The van der Waals surface area contributed by atoms with Gasteiger partial charge < -0.3 is 15.7 Å². The van der Waals surface area contributed by atoms with Crippen molar-refractivity contribution in [3.63, 3.8) is 0 Å². The predicted octanol–water partition coefficient (Wildman–Crippen LogP) is 5.25. The van der Waals surface area contributed by atoms with Crippen LogP contribution in [0.4, 0.5) is 19.9 Å². The molecule has 0 bridgehead atoms. The minimum atomic E-state index is -0.363. The number of carbonyl (C=O) groups excluding carboxylic acids is 3. The maximum absolute atomic E-state index is 11.6. The van der Waals surface area contributed by atoms with Gasteiger partial charge in [0, 0.05) is 19.5 Å². The molecule has 1 aliphatic rings. The number of phenolic OH excluding ortho intramolecular Hbond substituents is 1. The van der Waals surface area contributed by atoms with Crippen molar-refractivity contribution in [3.05, 3.63) is 26.7 Å². The molecule has 0 atom stereocenters. The van der Waals surface area contributed by atoms with Crippen molar-refractivity contribution in [1.82, 2.24) is 20.6 Å². The van der Waals surface area contributed by atoms with E-state index in [-0.39, 0.29) is 28.6 Å². The number of fused-ring (bicyclic) bond motifs is 2. The Labute approximate surface area is 213 Å². The van der Waals surface area contributed by atoms with Gasteiger partial charge >= 0.3 is 12.1 Å². The molecule has 5 N–H and O–H groups in total. The van der Waals surface area contributed by atoms with Crippen molar-refractivity contribution < 1.29 is 19.5 Å². The Morgan fingerprint density at radius 1 is 1.00 bits per heavy atom. The number of ketones is 1. The van der Waals surface area contributed by atoms with Crippen LogP contribution in [0.5, 0.6) is 5.75 Å². The minimum Gasteiger partial charge on any atom is -0.505 e. The van der Waals surface area contributed by atoms with Gasteiger partial charge in [-0.05, 0) is 32.8 Å². The molecule has 14 heteroatoms. The summed E-state index contributed by atoms with van der Waals surface area (Å²) in [5.41, 5.74) is 1.24. The largest absolute Gasteiger partial charge is 0.505 e. The summed E-state index contributed by atoms with van der Waals surface area (Å²) in [4.78, 5) is 43.3. The number of urea groups is 2. The molecule has 0 unspecified atom stereocenters. The van der Waals surface area contributed by atoms with E-state index >= 15 is 0 Å². The molecule has 0 radical (unpaired) electrons. The lowest BCUT2D eigenvalue weighted by molar-refractivity contribution is 0.0976. The number of thiazole rings is 2. The summed E-state index contributed by atoms with van der Waals surface area (Å²) in [7, 11) is 0. The van der Waals surface area contributed by atoms with Crippen LogP contribution in [0.3, 0.4) is 0 Å². The number of phenols is 1. The van der Waals surface area contributed by atoms with Gasteiger partial charge in [-0.15, -0.1) is 0 Å². The Balaban J connectivity index is 0.000000192. The van der Waals surface area contributed by atoms with Crippen LogP contribution in [0.15, 0.2) is 6.07 Å². The van der Waals surface area contributed by atoms with Crippen LogP contribution in [0, 0.1) is 0 Å². The van der Waals surface area contributed by atoms with Crippen LogP contribution in [0.25, 0.3) is 10.2 Å². The van der Waals surface area contributed by atoms with Gasteiger partial charge in [0.15, 0.2) is 21.8 Å². The van der Waals surface area contributed by atoms with Crippen molar-refractivity contribution in [2.45, 2.75) is 33.1 Å². The summed E-state index contributed by atoms with van der Waals surface area (Å²) in [5.74, 6) is 0.0558. The molecule has 1 aromatic carbocycles. The molecule has 2 aromatic heterocycles. The van der Waals surface area contributed by atoms with E-state index < -0.39 is 0 Å². The van der Waals surface area contributed by atoms with Crippen molar-refractivity contribution in [2.75, 3.05) is 23.7 Å². The first-order valence-corrected chi connectivity index (χ1v) is 12.7. The zero-order chi connectivity index (χ0) is 24.8. The number of hydrogen-bond acceptors (Lipinski definition) is 8. The average molecular weight is 545 g/mol. The van der Waals surface area contributed by atoms with E-state index in [4.69, 9.17) is 23.2 Å². The molecule has 34 heavy (non-hydrogen) atoms. The number of rotatable bonds is 4. The zero-order valence-electron chi connectivity index (χ0n) is 18.3. The molecule has 0 saturated carbocycles. The molecule has 4 amide bonds. The third kappa shape index (κ3) is 6.26. The predicted molar refractivity (Wildman–Crippen MR) is 136 cm³/mol. The van der Waals surface area contributed by atoms with Gasteiger partial charge in [0.05, 0.1) is 20.6 Å². The molecule has 2 heterocycles. The van der Waals surface area contributed by atoms with E-state index in [2.05, 4.69) is 31.2 Å². The van der Waals surface area contributed by atoms with Gasteiger partial charge in [0.1, 0.15) is 10.2 Å². The number of hydrogen-bond donors (Lipinski definition) is 5. The van der Waals surface area contributed by atoms with Gasteiger partial charge in [-0.2, -0.15) is 0 Å². The van der Waals surface area contributed by atoms with Crippen LogP contribution in [-0.2, 0) is 6.42 Å². The fourth-order valence-corrected chi connectivity index (χ4v) is 5.50. The van der Waals surface area contributed by atoms with Crippen LogP contribution in [-0.4, -0.2) is 46.0 Å². The second-order valence-corrected chi connectivity index (χ2v) is 9.74. The quantitative estimate of drug-likeness (QED) is 0.303. The van der Waals surface area contributed by atoms with Crippen molar-refractivity contribution in [1.29, 1.82) is 0 Å². The van der Waals surface area contributed by atoms with Crippen LogP contribution >= 0.6 is 45.9 Å². The van der Waals surface area contributed by atoms with E-state index in [0.29, 0.717) is 49.9 Å². The van der Waals surface area contributed by atoms with Crippen molar-refractivity contribution >= 4 is 84.2 Å². The second kappa shape index (κ2) is 11.6.